The first kappa shape index (κ1) is 12.5. The van der Waals surface area contributed by atoms with E-state index in [1.165, 1.54) is 7.11 Å². The number of alkyl halides is 1. The molecule has 0 bridgehead atoms. The Balaban J connectivity index is 3.91. The molecule has 0 aromatic carbocycles. The van der Waals surface area contributed by atoms with Crippen LogP contribution >= 0.6 is 15.9 Å². The summed E-state index contributed by atoms with van der Waals surface area (Å²) in [6, 6.07) is 0. The van der Waals surface area contributed by atoms with E-state index in [0.29, 0.717) is 6.54 Å². The lowest BCUT2D eigenvalue weighted by molar-refractivity contribution is -0.139. The highest BCUT2D eigenvalue weighted by molar-refractivity contribution is 9.10. The first-order valence-corrected chi connectivity index (χ1v) is 4.79. The van der Waals surface area contributed by atoms with Gasteiger partial charge in [0.05, 0.1) is 12.6 Å². The third-order valence-electron chi connectivity index (χ3n) is 1.54. The lowest BCUT2D eigenvalue weighted by atomic mass is 10.1. The number of halogens is 1. The molecule has 0 saturated carbocycles. The van der Waals surface area contributed by atoms with Crippen molar-refractivity contribution in [2.24, 2.45) is 0 Å². The Morgan fingerprint density at radius 3 is 2.69 bits per heavy atom. The van der Waals surface area contributed by atoms with E-state index in [1.807, 2.05) is 13.8 Å². The quantitative estimate of drug-likeness (QED) is 0.457. The summed E-state index contributed by atoms with van der Waals surface area (Å²) in [5.41, 5.74) is -0.403. The van der Waals surface area contributed by atoms with Crippen LogP contribution in [0.15, 0.2) is 0 Å². The summed E-state index contributed by atoms with van der Waals surface area (Å²) < 4.78 is 4.53. The minimum absolute atomic E-state index is 0.305. The highest BCUT2D eigenvalue weighted by atomic mass is 79.9. The number of hydrogen-bond donors (Lipinski definition) is 1. The monoisotopic (exact) mass is 247 g/mol. The van der Waals surface area contributed by atoms with Crippen molar-refractivity contribution in [3.63, 3.8) is 0 Å². The molecule has 0 rings (SSSR count). The molecule has 0 aromatic heterocycles. The SMILES string of the molecule is C#CC(C)(C)NCC(Br)C(=O)OC. The maximum absolute atomic E-state index is 11.0. The van der Waals surface area contributed by atoms with Crippen molar-refractivity contribution in [3.05, 3.63) is 0 Å². The highest BCUT2D eigenvalue weighted by Crippen LogP contribution is 2.04. The summed E-state index contributed by atoms with van der Waals surface area (Å²) in [5, 5.41) is 3.04. The predicted octanol–water partition coefficient (Wildman–Crippen LogP) is 0.924. The first-order valence-electron chi connectivity index (χ1n) is 3.87. The van der Waals surface area contributed by atoms with E-state index in [4.69, 9.17) is 6.42 Å². The fourth-order valence-electron chi connectivity index (χ4n) is 0.607. The topological polar surface area (TPSA) is 38.3 Å². The molecule has 0 spiro atoms. The first-order chi connectivity index (χ1) is 5.93. The molecule has 0 saturated heterocycles. The second kappa shape index (κ2) is 5.25. The molecule has 0 radical (unpaired) electrons. The van der Waals surface area contributed by atoms with Gasteiger partial charge in [-0.2, -0.15) is 0 Å². The van der Waals surface area contributed by atoms with Crippen molar-refractivity contribution in [3.8, 4) is 12.3 Å². The van der Waals surface area contributed by atoms with Crippen molar-refractivity contribution in [1.29, 1.82) is 0 Å². The number of esters is 1. The van der Waals surface area contributed by atoms with Gasteiger partial charge in [-0.25, -0.2) is 0 Å². The van der Waals surface area contributed by atoms with Crippen LogP contribution in [0.2, 0.25) is 0 Å². The minimum atomic E-state index is -0.403. The molecule has 4 heteroatoms. The normalized spacial score (nSPS) is 13.2. The molecule has 0 aliphatic rings. The molecule has 0 heterocycles. The maximum atomic E-state index is 11.0. The van der Waals surface area contributed by atoms with Crippen molar-refractivity contribution in [2.45, 2.75) is 24.2 Å². The summed E-state index contributed by atoms with van der Waals surface area (Å²) in [6.07, 6.45) is 5.26. The van der Waals surface area contributed by atoms with E-state index in [9.17, 15) is 4.79 Å². The fourth-order valence-corrected chi connectivity index (χ4v) is 0.956. The zero-order valence-corrected chi connectivity index (χ0v) is 9.64. The van der Waals surface area contributed by atoms with Gasteiger partial charge in [0, 0.05) is 6.54 Å². The van der Waals surface area contributed by atoms with Gasteiger partial charge in [-0.3, -0.25) is 10.1 Å². The summed E-state index contributed by atoms with van der Waals surface area (Å²) in [6.45, 7) is 4.18. The molecular formula is C9H14BrNO2. The van der Waals surface area contributed by atoms with E-state index in [2.05, 4.69) is 31.9 Å². The summed E-state index contributed by atoms with van der Waals surface area (Å²) in [4.78, 5) is 10.6. The van der Waals surface area contributed by atoms with Gasteiger partial charge in [0.15, 0.2) is 0 Å². The number of carbonyl (C=O) groups excluding carboxylic acids is 1. The van der Waals surface area contributed by atoms with Gasteiger partial charge in [-0.15, -0.1) is 6.42 Å². The van der Waals surface area contributed by atoms with Gasteiger partial charge in [0.1, 0.15) is 4.83 Å². The second-order valence-corrected chi connectivity index (χ2v) is 4.25. The van der Waals surface area contributed by atoms with Gasteiger partial charge >= 0.3 is 5.97 Å². The molecule has 0 aliphatic heterocycles. The second-order valence-electron chi connectivity index (χ2n) is 3.14. The predicted molar refractivity (Wildman–Crippen MR) is 55.6 cm³/mol. The molecule has 0 aromatic rings. The zero-order chi connectivity index (χ0) is 10.5. The largest absolute Gasteiger partial charge is 0.468 e. The molecule has 0 fully saturated rings. The smallest absolute Gasteiger partial charge is 0.320 e. The fraction of sp³-hybridized carbons (Fsp3) is 0.667. The Labute approximate surface area is 87.4 Å². The molecule has 1 atom stereocenters. The average molecular weight is 248 g/mol. The Bertz CT molecular complexity index is 220. The van der Waals surface area contributed by atoms with Gasteiger partial charge in [-0.05, 0) is 13.8 Å². The van der Waals surface area contributed by atoms with Crippen LogP contribution < -0.4 is 5.32 Å². The Morgan fingerprint density at radius 1 is 1.77 bits per heavy atom. The summed E-state index contributed by atoms with van der Waals surface area (Å²) >= 11 is 3.18. The van der Waals surface area contributed by atoms with E-state index in [-0.39, 0.29) is 10.8 Å². The van der Waals surface area contributed by atoms with Crippen LogP contribution in [-0.2, 0) is 9.53 Å². The molecule has 13 heavy (non-hydrogen) atoms. The van der Waals surface area contributed by atoms with E-state index >= 15 is 0 Å². The molecular weight excluding hydrogens is 234 g/mol. The Morgan fingerprint density at radius 2 is 2.31 bits per heavy atom. The molecule has 0 aliphatic carbocycles. The summed E-state index contributed by atoms with van der Waals surface area (Å²) in [7, 11) is 1.35. The average Bonchev–Trinajstić information content (AvgIpc) is 2.13. The van der Waals surface area contributed by atoms with Gasteiger partial charge < -0.3 is 4.74 Å². The molecule has 0 amide bonds. The minimum Gasteiger partial charge on any atom is -0.468 e. The lowest BCUT2D eigenvalue weighted by Crippen LogP contribution is -2.42. The number of terminal acetylenes is 1. The third-order valence-corrected chi connectivity index (χ3v) is 2.24. The van der Waals surface area contributed by atoms with E-state index < -0.39 is 5.54 Å². The zero-order valence-electron chi connectivity index (χ0n) is 8.06. The number of ether oxygens (including phenoxy) is 1. The Kier molecular flexibility index (Phi) is 5.04. The van der Waals surface area contributed by atoms with E-state index in [1.54, 1.807) is 0 Å². The van der Waals surface area contributed by atoms with Crippen molar-refractivity contribution >= 4 is 21.9 Å². The lowest BCUT2D eigenvalue weighted by Gasteiger charge is -2.20. The van der Waals surface area contributed by atoms with Gasteiger partial charge in [-0.1, -0.05) is 21.9 Å². The van der Waals surface area contributed by atoms with Crippen molar-refractivity contribution < 1.29 is 9.53 Å². The van der Waals surface area contributed by atoms with Crippen molar-refractivity contribution in [1.82, 2.24) is 5.32 Å². The van der Waals surface area contributed by atoms with Crippen LogP contribution in [0.1, 0.15) is 13.8 Å². The number of methoxy groups -OCH3 is 1. The standard InChI is InChI=1S/C9H14BrNO2/c1-5-9(2,3)11-6-7(10)8(12)13-4/h1,7,11H,6H2,2-4H3. The van der Waals surface area contributed by atoms with Crippen molar-refractivity contribution in [2.75, 3.05) is 13.7 Å². The number of carbonyl (C=O) groups is 1. The molecule has 1 N–H and O–H groups in total. The van der Waals surface area contributed by atoms with Gasteiger partial charge in [0.2, 0.25) is 0 Å². The number of hydrogen-bond acceptors (Lipinski definition) is 3. The van der Waals surface area contributed by atoms with Crippen LogP contribution in [-0.4, -0.2) is 30.0 Å². The van der Waals surface area contributed by atoms with Crippen LogP contribution in [0.5, 0.6) is 0 Å². The summed E-state index contributed by atoms with van der Waals surface area (Å²) in [5.74, 6) is 2.26. The molecule has 3 nitrogen and oxygen atoms in total. The van der Waals surface area contributed by atoms with Crippen LogP contribution in [0.25, 0.3) is 0 Å². The van der Waals surface area contributed by atoms with Crippen LogP contribution in [0.3, 0.4) is 0 Å². The van der Waals surface area contributed by atoms with Crippen LogP contribution in [0, 0.1) is 12.3 Å². The molecule has 74 valence electrons. The number of nitrogens with one attached hydrogen (secondary N) is 1. The third kappa shape index (κ3) is 4.91. The molecule has 1 unspecified atom stereocenters. The highest BCUT2D eigenvalue weighted by Gasteiger charge is 2.19. The Hall–Kier alpha value is -0.530. The number of rotatable bonds is 4. The van der Waals surface area contributed by atoms with Gasteiger partial charge in [0.25, 0.3) is 0 Å². The van der Waals surface area contributed by atoms with Crippen LogP contribution in [0.4, 0.5) is 0 Å². The van der Waals surface area contributed by atoms with E-state index in [0.717, 1.165) is 0 Å². The maximum Gasteiger partial charge on any atom is 0.320 e.